The van der Waals surface area contributed by atoms with Gasteiger partial charge in [0, 0.05) is 12.0 Å². The third-order valence-electron chi connectivity index (χ3n) is 1.30. The van der Waals surface area contributed by atoms with Crippen molar-refractivity contribution in [2.75, 3.05) is 0 Å². The van der Waals surface area contributed by atoms with E-state index in [1.54, 1.807) is 0 Å². The van der Waals surface area contributed by atoms with Gasteiger partial charge in [0.15, 0.2) is 0 Å². The van der Waals surface area contributed by atoms with E-state index in [2.05, 4.69) is 0 Å². The molecule has 0 atom stereocenters. The van der Waals surface area contributed by atoms with Crippen LogP contribution in [0.15, 0.2) is 0 Å². The van der Waals surface area contributed by atoms with Gasteiger partial charge in [-0.3, -0.25) is 9.80 Å². The van der Waals surface area contributed by atoms with Gasteiger partial charge in [-0.1, -0.05) is 13.8 Å². The number of nitrogens with zero attached hydrogens (tertiary/aromatic N) is 1. The molecule has 0 aromatic rings. The van der Waals surface area contributed by atoms with Gasteiger partial charge in [-0.05, 0) is 13.8 Å². The van der Waals surface area contributed by atoms with Crippen molar-refractivity contribution in [2.24, 2.45) is 11.8 Å². The molecule has 0 bridgehead atoms. The predicted octanol–water partition coefficient (Wildman–Crippen LogP) is 0.753. The summed E-state index contributed by atoms with van der Waals surface area (Å²) in [5, 5.41) is 1.27. The highest BCUT2D eigenvalue weighted by Gasteiger charge is 2.15. The lowest BCUT2D eigenvalue weighted by Gasteiger charge is -2.22. The van der Waals surface area contributed by atoms with Gasteiger partial charge >= 0.3 is 0 Å². The molecule has 0 aliphatic rings. The first-order chi connectivity index (χ1) is 4.46. The van der Waals surface area contributed by atoms with Crippen molar-refractivity contribution < 1.29 is 4.79 Å². The molecule has 3 heteroatoms. The molecule has 0 fully saturated rings. The maximum atomic E-state index is 11.1. The Morgan fingerprint density at radius 1 is 1.30 bits per heavy atom. The second-order valence-electron chi connectivity index (χ2n) is 2.99. The van der Waals surface area contributed by atoms with Crippen molar-refractivity contribution in [2.45, 2.75) is 33.7 Å². The third kappa shape index (κ3) is 2.35. The zero-order valence-electron chi connectivity index (χ0n) is 7.09. The van der Waals surface area contributed by atoms with Crippen LogP contribution in [0.2, 0.25) is 0 Å². The van der Waals surface area contributed by atoms with Crippen LogP contribution in [-0.4, -0.2) is 17.0 Å². The van der Waals surface area contributed by atoms with Gasteiger partial charge in [-0.2, -0.15) is 0 Å². The van der Waals surface area contributed by atoms with E-state index in [4.69, 9.17) is 5.84 Å². The van der Waals surface area contributed by atoms with E-state index in [1.807, 2.05) is 27.7 Å². The molecule has 3 nitrogen and oxygen atoms in total. The van der Waals surface area contributed by atoms with Gasteiger partial charge in [0.05, 0.1) is 0 Å². The Bertz CT molecular complexity index is 121. The fourth-order valence-electron chi connectivity index (χ4n) is 0.553. The first kappa shape index (κ1) is 9.43. The Hall–Kier alpha value is -0.570. The minimum absolute atomic E-state index is 0.00463. The van der Waals surface area contributed by atoms with Crippen LogP contribution in [0.1, 0.15) is 27.7 Å². The molecule has 0 saturated heterocycles. The standard InChI is InChI=1S/C7H16N2O/c1-5(2)7(10)9(8)6(3)4/h5-6H,8H2,1-4H3. The molecule has 0 aliphatic carbocycles. The van der Waals surface area contributed by atoms with Gasteiger partial charge in [0.2, 0.25) is 5.91 Å². The van der Waals surface area contributed by atoms with E-state index in [-0.39, 0.29) is 17.9 Å². The monoisotopic (exact) mass is 144 g/mol. The molecule has 1 amide bonds. The summed E-state index contributed by atoms with van der Waals surface area (Å²) in [6, 6.07) is 0.0925. The molecular formula is C7H16N2O. The Kier molecular flexibility index (Phi) is 3.36. The Balaban J connectivity index is 3.95. The highest BCUT2D eigenvalue weighted by molar-refractivity contribution is 5.77. The summed E-state index contributed by atoms with van der Waals surface area (Å²) in [6.07, 6.45) is 0. The molecule has 0 saturated carbocycles. The quantitative estimate of drug-likeness (QED) is 0.353. The summed E-state index contributed by atoms with van der Waals surface area (Å²) in [6.45, 7) is 7.45. The van der Waals surface area contributed by atoms with Crippen molar-refractivity contribution in [1.82, 2.24) is 5.01 Å². The van der Waals surface area contributed by atoms with E-state index >= 15 is 0 Å². The van der Waals surface area contributed by atoms with Crippen LogP contribution in [0, 0.1) is 5.92 Å². The SMILES string of the molecule is CC(C)C(=O)N(N)C(C)C. The van der Waals surface area contributed by atoms with Gasteiger partial charge < -0.3 is 0 Å². The average Bonchev–Trinajstić information content (AvgIpc) is 1.84. The van der Waals surface area contributed by atoms with E-state index < -0.39 is 0 Å². The lowest BCUT2D eigenvalue weighted by Crippen LogP contribution is -2.44. The number of amides is 1. The first-order valence-electron chi connectivity index (χ1n) is 3.54. The third-order valence-corrected chi connectivity index (χ3v) is 1.30. The van der Waals surface area contributed by atoms with Crippen LogP contribution in [0.5, 0.6) is 0 Å². The Morgan fingerprint density at radius 2 is 1.70 bits per heavy atom. The largest absolute Gasteiger partial charge is 0.278 e. The second kappa shape index (κ2) is 3.56. The van der Waals surface area contributed by atoms with E-state index in [1.165, 1.54) is 5.01 Å². The van der Waals surface area contributed by atoms with Gasteiger partial charge in [0.25, 0.3) is 0 Å². The number of nitrogens with two attached hydrogens (primary N) is 1. The lowest BCUT2D eigenvalue weighted by molar-refractivity contribution is -0.136. The minimum Gasteiger partial charge on any atom is -0.278 e. The average molecular weight is 144 g/mol. The molecule has 0 aromatic carbocycles. The van der Waals surface area contributed by atoms with E-state index in [0.29, 0.717) is 0 Å². The van der Waals surface area contributed by atoms with Crippen LogP contribution in [-0.2, 0) is 4.79 Å². The van der Waals surface area contributed by atoms with Gasteiger partial charge in [-0.15, -0.1) is 0 Å². The highest BCUT2D eigenvalue weighted by atomic mass is 16.2. The topological polar surface area (TPSA) is 46.3 Å². The highest BCUT2D eigenvalue weighted by Crippen LogP contribution is 1.99. The summed E-state index contributed by atoms with van der Waals surface area (Å²) in [5.41, 5.74) is 0. The number of hydrogen-bond donors (Lipinski definition) is 1. The molecule has 2 N–H and O–H groups in total. The molecule has 0 unspecified atom stereocenters. The summed E-state index contributed by atoms with van der Waals surface area (Å²) in [4.78, 5) is 11.1. The molecule has 10 heavy (non-hydrogen) atoms. The zero-order valence-corrected chi connectivity index (χ0v) is 7.09. The minimum atomic E-state index is -0.00704. The Labute approximate surface area is 62.2 Å². The van der Waals surface area contributed by atoms with Crippen LogP contribution < -0.4 is 5.84 Å². The van der Waals surface area contributed by atoms with Crippen molar-refractivity contribution in [3.8, 4) is 0 Å². The molecule has 0 aromatic heterocycles. The number of carbonyl (C=O) groups is 1. The van der Waals surface area contributed by atoms with Gasteiger partial charge in [0.1, 0.15) is 0 Å². The molecule has 0 spiro atoms. The number of rotatable bonds is 2. The van der Waals surface area contributed by atoms with Gasteiger partial charge in [-0.25, -0.2) is 5.84 Å². The summed E-state index contributed by atoms with van der Waals surface area (Å²) in [5.74, 6) is 5.43. The Morgan fingerprint density at radius 3 is 1.80 bits per heavy atom. The van der Waals surface area contributed by atoms with Crippen LogP contribution >= 0.6 is 0 Å². The molecule has 0 heterocycles. The normalized spacial score (nSPS) is 10.7. The lowest BCUT2D eigenvalue weighted by atomic mass is 10.2. The first-order valence-corrected chi connectivity index (χ1v) is 3.54. The van der Waals surface area contributed by atoms with Crippen molar-refractivity contribution in [1.29, 1.82) is 0 Å². The number of hydrazine groups is 1. The fourth-order valence-corrected chi connectivity index (χ4v) is 0.553. The maximum absolute atomic E-state index is 11.1. The smallest absolute Gasteiger partial charge is 0.239 e. The molecule has 0 rings (SSSR count). The van der Waals surface area contributed by atoms with Crippen molar-refractivity contribution >= 4 is 5.91 Å². The number of carbonyl (C=O) groups excluding carboxylic acids is 1. The van der Waals surface area contributed by atoms with Crippen LogP contribution in [0.4, 0.5) is 0 Å². The molecule has 0 radical (unpaired) electrons. The summed E-state index contributed by atoms with van der Waals surface area (Å²) >= 11 is 0. The van der Waals surface area contributed by atoms with E-state index in [9.17, 15) is 4.79 Å². The number of hydrogen-bond acceptors (Lipinski definition) is 2. The second-order valence-corrected chi connectivity index (χ2v) is 2.99. The molecule has 0 aliphatic heterocycles. The molecular weight excluding hydrogens is 128 g/mol. The summed E-state index contributed by atoms with van der Waals surface area (Å²) in [7, 11) is 0. The van der Waals surface area contributed by atoms with Crippen molar-refractivity contribution in [3.63, 3.8) is 0 Å². The molecule has 60 valence electrons. The summed E-state index contributed by atoms with van der Waals surface area (Å²) < 4.78 is 0. The van der Waals surface area contributed by atoms with Crippen molar-refractivity contribution in [3.05, 3.63) is 0 Å². The fraction of sp³-hybridized carbons (Fsp3) is 0.857. The van der Waals surface area contributed by atoms with E-state index in [0.717, 1.165) is 0 Å². The predicted molar refractivity (Wildman–Crippen MR) is 41.0 cm³/mol. The maximum Gasteiger partial charge on any atom is 0.239 e. The van der Waals surface area contributed by atoms with Crippen LogP contribution in [0.25, 0.3) is 0 Å². The zero-order chi connectivity index (χ0) is 8.31. The van der Waals surface area contributed by atoms with Crippen LogP contribution in [0.3, 0.4) is 0 Å².